The number of hydrogen-bond donors (Lipinski definition) is 2. The fourth-order valence-electron chi connectivity index (χ4n) is 1.60. The van der Waals surface area contributed by atoms with Gasteiger partial charge in [0.25, 0.3) is 0 Å². The Hall–Kier alpha value is -1.55. The van der Waals surface area contributed by atoms with E-state index in [0.717, 1.165) is 5.56 Å². The quantitative estimate of drug-likeness (QED) is 0.873. The second-order valence-corrected chi connectivity index (χ2v) is 5.64. The Bertz CT molecular complexity index is 468. The van der Waals surface area contributed by atoms with E-state index in [1.54, 1.807) is 12.1 Å². The number of hydrogen-bond acceptors (Lipinski definition) is 2. The Morgan fingerprint density at radius 3 is 2.32 bits per heavy atom. The van der Waals surface area contributed by atoms with Crippen LogP contribution in [0, 0.1) is 5.41 Å². The van der Waals surface area contributed by atoms with Crippen LogP contribution in [0.1, 0.15) is 38.8 Å². The minimum atomic E-state index is -1.07. The standard InChI is InChI=1S/C14H18ClNO3/c1-9(10-4-6-11(15)7-5-10)16-12(17)8-14(2,3)13(18)19/h4-7,9H,8H2,1-3H3,(H,16,17)(H,18,19)/t9-/m0/s1. The number of carboxylic acid groups (broad SMARTS) is 1. The number of benzene rings is 1. The van der Waals surface area contributed by atoms with Gasteiger partial charge in [-0.25, -0.2) is 0 Å². The maximum Gasteiger partial charge on any atom is 0.309 e. The number of carboxylic acids is 1. The zero-order valence-electron chi connectivity index (χ0n) is 11.2. The molecule has 1 atom stereocenters. The molecule has 104 valence electrons. The third-order valence-corrected chi connectivity index (χ3v) is 3.18. The lowest BCUT2D eigenvalue weighted by Crippen LogP contribution is -2.34. The highest BCUT2D eigenvalue weighted by Crippen LogP contribution is 2.21. The van der Waals surface area contributed by atoms with E-state index in [-0.39, 0.29) is 18.4 Å². The fourth-order valence-corrected chi connectivity index (χ4v) is 1.73. The molecule has 0 bridgehead atoms. The van der Waals surface area contributed by atoms with Gasteiger partial charge in [-0.1, -0.05) is 23.7 Å². The number of carbonyl (C=O) groups excluding carboxylic acids is 1. The van der Waals surface area contributed by atoms with Gasteiger partial charge in [-0.2, -0.15) is 0 Å². The lowest BCUT2D eigenvalue weighted by Gasteiger charge is -2.20. The van der Waals surface area contributed by atoms with Crippen molar-refractivity contribution in [1.82, 2.24) is 5.32 Å². The van der Waals surface area contributed by atoms with Gasteiger partial charge in [0, 0.05) is 11.4 Å². The van der Waals surface area contributed by atoms with Gasteiger partial charge < -0.3 is 10.4 Å². The highest BCUT2D eigenvalue weighted by atomic mass is 35.5. The Morgan fingerprint density at radius 1 is 1.32 bits per heavy atom. The summed E-state index contributed by atoms with van der Waals surface area (Å²) in [5, 5.41) is 12.4. The van der Waals surface area contributed by atoms with Crippen LogP contribution in [0.3, 0.4) is 0 Å². The summed E-state index contributed by atoms with van der Waals surface area (Å²) in [6.07, 6.45) is -0.0553. The molecule has 1 aromatic rings. The van der Waals surface area contributed by atoms with Crippen molar-refractivity contribution >= 4 is 23.5 Å². The van der Waals surface area contributed by atoms with Crippen LogP contribution in [0.15, 0.2) is 24.3 Å². The van der Waals surface area contributed by atoms with Crippen molar-refractivity contribution in [1.29, 1.82) is 0 Å². The smallest absolute Gasteiger partial charge is 0.309 e. The summed E-state index contributed by atoms with van der Waals surface area (Å²) in [5.74, 6) is -1.27. The van der Waals surface area contributed by atoms with Gasteiger partial charge >= 0.3 is 5.97 Å². The summed E-state index contributed by atoms with van der Waals surface area (Å²) >= 11 is 5.79. The molecule has 19 heavy (non-hydrogen) atoms. The van der Waals surface area contributed by atoms with Crippen molar-refractivity contribution in [2.75, 3.05) is 0 Å². The van der Waals surface area contributed by atoms with E-state index in [4.69, 9.17) is 16.7 Å². The van der Waals surface area contributed by atoms with E-state index in [9.17, 15) is 9.59 Å². The molecule has 4 nitrogen and oxygen atoms in total. The molecule has 0 saturated carbocycles. The first-order valence-corrected chi connectivity index (χ1v) is 6.38. The van der Waals surface area contributed by atoms with Gasteiger partial charge in [0.2, 0.25) is 5.91 Å². The van der Waals surface area contributed by atoms with E-state index in [1.807, 2.05) is 19.1 Å². The number of aliphatic carboxylic acids is 1. The van der Waals surface area contributed by atoms with Gasteiger partial charge in [-0.15, -0.1) is 0 Å². The van der Waals surface area contributed by atoms with E-state index in [1.165, 1.54) is 13.8 Å². The first-order chi connectivity index (χ1) is 8.72. The Balaban J connectivity index is 2.62. The molecule has 5 heteroatoms. The number of halogens is 1. The molecule has 0 unspecified atom stereocenters. The molecule has 2 N–H and O–H groups in total. The summed E-state index contributed by atoms with van der Waals surface area (Å²) in [5.41, 5.74) is -0.144. The topological polar surface area (TPSA) is 66.4 Å². The predicted octanol–water partition coefficient (Wildman–Crippen LogP) is 3.02. The summed E-state index contributed by atoms with van der Waals surface area (Å²) < 4.78 is 0. The average Bonchev–Trinajstić information content (AvgIpc) is 2.28. The second kappa shape index (κ2) is 6.06. The minimum Gasteiger partial charge on any atom is -0.481 e. The third-order valence-electron chi connectivity index (χ3n) is 2.93. The van der Waals surface area contributed by atoms with Crippen LogP contribution in [0.2, 0.25) is 5.02 Å². The number of carbonyl (C=O) groups is 2. The molecule has 0 fully saturated rings. The van der Waals surface area contributed by atoms with E-state index < -0.39 is 11.4 Å². The summed E-state index contributed by atoms with van der Waals surface area (Å²) in [6, 6.07) is 6.97. The normalized spacial score (nSPS) is 12.8. The zero-order valence-corrected chi connectivity index (χ0v) is 12.0. The summed E-state index contributed by atoms with van der Waals surface area (Å²) in [6.45, 7) is 4.90. The van der Waals surface area contributed by atoms with Crippen molar-refractivity contribution in [2.24, 2.45) is 5.41 Å². The van der Waals surface area contributed by atoms with Gasteiger partial charge in [0.05, 0.1) is 11.5 Å². The van der Waals surface area contributed by atoms with Crippen LogP contribution < -0.4 is 5.32 Å². The van der Waals surface area contributed by atoms with E-state index in [0.29, 0.717) is 5.02 Å². The van der Waals surface area contributed by atoms with Gasteiger partial charge in [-0.05, 0) is 38.5 Å². The molecule has 0 aliphatic carbocycles. The Kier molecular flexibility index (Phi) is 4.95. The molecule has 0 aliphatic heterocycles. The largest absolute Gasteiger partial charge is 0.481 e. The molecule has 0 saturated heterocycles. The lowest BCUT2D eigenvalue weighted by molar-refractivity contribution is -0.149. The zero-order chi connectivity index (χ0) is 14.6. The molecular formula is C14H18ClNO3. The molecule has 0 radical (unpaired) electrons. The highest BCUT2D eigenvalue weighted by molar-refractivity contribution is 6.30. The van der Waals surface area contributed by atoms with Crippen LogP contribution in [0.4, 0.5) is 0 Å². The van der Waals surface area contributed by atoms with Crippen LogP contribution in [-0.4, -0.2) is 17.0 Å². The number of amides is 1. The molecular weight excluding hydrogens is 266 g/mol. The second-order valence-electron chi connectivity index (χ2n) is 5.21. The lowest BCUT2D eigenvalue weighted by atomic mass is 9.89. The summed E-state index contributed by atoms with van der Waals surface area (Å²) in [4.78, 5) is 22.8. The highest BCUT2D eigenvalue weighted by Gasteiger charge is 2.30. The third kappa shape index (κ3) is 4.56. The van der Waals surface area contributed by atoms with Gasteiger partial charge in [-0.3, -0.25) is 9.59 Å². The van der Waals surface area contributed by atoms with Crippen LogP contribution in [0.25, 0.3) is 0 Å². The molecule has 1 rings (SSSR count). The van der Waals surface area contributed by atoms with E-state index in [2.05, 4.69) is 5.32 Å². The number of nitrogens with one attached hydrogen (secondary N) is 1. The fraction of sp³-hybridized carbons (Fsp3) is 0.429. The van der Waals surface area contributed by atoms with Gasteiger partial charge in [0.1, 0.15) is 0 Å². The SMILES string of the molecule is C[C@H](NC(=O)CC(C)(C)C(=O)O)c1ccc(Cl)cc1. The minimum absolute atomic E-state index is 0.0553. The van der Waals surface area contributed by atoms with E-state index >= 15 is 0 Å². The number of rotatable bonds is 5. The van der Waals surface area contributed by atoms with Crippen LogP contribution in [-0.2, 0) is 9.59 Å². The van der Waals surface area contributed by atoms with Gasteiger partial charge in [0.15, 0.2) is 0 Å². The molecule has 1 amide bonds. The molecule has 0 heterocycles. The summed E-state index contributed by atoms with van der Waals surface area (Å²) in [7, 11) is 0. The first kappa shape index (κ1) is 15.5. The molecule has 0 aliphatic rings. The molecule has 1 aromatic carbocycles. The molecule has 0 spiro atoms. The maximum absolute atomic E-state index is 11.8. The van der Waals surface area contributed by atoms with Crippen molar-refractivity contribution in [3.05, 3.63) is 34.9 Å². The Morgan fingerprint density at radius 2 is 1.84 bits per heavy atom. The monoisotopic (exact) mass is 283 g/mol. The van der Waals surface area contributed by atoms with Crippen LogP contribution >= 0.6 is 11.6 Å². The van der Waals surface area contributed by atoms with Crippen molar-refractivity contribution < 1.29 is 14.7 Å². The maximum atomic E-state index is 11.8. The average molecular weight is 284 g/mol. The molecule has 0 aromatic heterocycles. The van der Waals surface area contributed by atoms with Crippen molar-refractivity contribution in [2.45, 2.75) is 33.2 Å². The first-order valence-electron chi connectivity index (χ1n) is 6.00. The van der Waals surface area contributed by atoms with Crippen molar-refractivity contribution in [3.8, 4) is 0 Å². The van der Waals surface area contributed by atoms with Crippen molar-refractivity contribution in [3.63, 3.8) is 0 Å². The predicted molar refractivity (Wildman–Crippen MR) is 74.0 cm³/mol. The Labute approximate surface area is 117 Å². The van der Waals surface area contributed by atoms with Crippen LogP contribution in [0.5, 0.6) is 0 Å².